The van der Waals surface area contributed by atoms with Gasteiger partial charge in [-0.2, -0.15) is 0 Å². The summed E-state index contributed by atoms with van der Waals surface area (Å²) in [5, 5.41) is 2.74. The second-order valence-corrected chi connectivity index (χ2v) is 5.74. The number of rotatable bonds is 0. The molecule has 6 heteroatoms. The van der Waals surface area contributed by atoms with Crippen LogP contribution in [0.5, 0.6) is 0 Å². The van der Waals surface area contributed by atoms with E-state index in [9.17, 15) is 14.0 Å². The number of nitrogens with two attached hydrogens (primary N) is 1. The Balaban J connectivity index is 0.000000240. The zero-order valence-corrected chi connectivity index (χ0v) is 12.5. The molecule has 0 saturated carbocycles. The lowest BCUT2D eigenvalue weighted by atomic mass is 10.1. The molecule has 0 saturated heterocycles. The predicted molar refractivity (Wildman–Crippen MR) is 78.4 cm³/mol. The quantitative estimate of drug-likeness (QED) is 0.772. The minimum absolute atomic E-state index is 0.0189. The van der Waals surface area contributed by atoms with Gasteiger partial charge in [-0.1, -0.05) is 0 Å². The standard InChI is InChI=1S/C10H10FNO.C5H11NO2/c11-8-4-5-9-7(6-8)2-1-3-10(13)12-9;1-5(2,3)8-4(6)7/h4-6H,1-3H2,(H,12,13);1-3H3,(H2,6,7). The molecular weight excluding hydrogens is 275 g/mol. The molecule has 0 atom stereocenters. The fourth-order valence-electron chi connectivity index (χ4n) is 1.84. The average molecular weight is 296 g/mol. The minimum atomic E-state index is -0.725. The van der Waals surface area contributed by atoms with Gasteiger partial charge in [0.25, 0.3) is 0 Å². The number of hydrogen-bond acceptors (Lipinski definition) is 3. The Hall–Kier alpha value is -2.11. The normalized spacial score (nSPS) is 14.0. The average Bonchev–Trinajstić information content (AvgIpc) is 2.47. The molecule has 0 radical (unpaired) electrons. The number of ether oxygens (including phenoxy) is 1. The van der Waals surface area contributed by atoms with Crippen molar-refractivity contribution in [1.29, 1.82) is 0 Å². The summed E-state index contributed by atoms with van der Waals surface area (Å²) in [6.07, 6.45) is 1.36. The van der Waals surface area contributed by atoms with Crippen molar-refractivity contribution in [1.82, 2.24) is 0 Å². The number of halogens is 1. The molecular formula is C15H21FN2O3. The van der Waals surface area contributed by atoms with Gasteiger partial charge in [0.05, 0.1) is 0 Å². The first-order valence-electron chi connectivity index (χ1n) is 6.74. The highest BCUT2D eigenvalue weighted by Crippen LogP contribution is 2.22. The van der Waals surface area contributed by atoms with E-state index in [1.54, 1.807) is 26.8 Å². The maximum atomic E-state index is 12.8. The van der Waals surface area contributed by atoms with Crippen LogP contribution in [0.4, 0.5) is 14.9 Å². The van der Waals surface area contributed by atoms with Crippen LogP contribution in [-0.2, 0) is 16.0 Å². The summed E-state index contributed by atoms with van der Waals surface area (Å²) in [7, 11) is 0. The van der Waals surface area contributed by atoms with Crippen molar-refractivity contribution in [2.24, 2.45) is 5.73 Å². The molecule has 0 spiro atoms. The summed E-state index contributed by atoms with van der Waals surface area (Å²) in [4.78, 5) is 21.1. The first kappa shape index (κ1) is 16.9. The van der Waals surface area contributed by atoms with Crippen LogP contribution >= 0.6 is 0 Å². The highest BCUT2D eigenvalue weighted by molar-refractivity contribution is 5.92. The number of carbonyl (C=O) groups excluding carboxylic acids is 2. The second-order valence-electron chi connectivity index (χ2n) is 5.74. The van der Waals surface area contributed by atoms with E-state index in [0.29, 0.717) is 6.42 Å². The van der Waals surface area contributed by atoms with Crippen LogP contribution in [0.2, 0.25) is 0 Å². The van der Waals surface area contributed by atoms with Crippen molar-refractivity contribution in [2.45, 2.75) is 45.6 Å². The Kier molecular flexibility index (Phi) is 5.69. The van der Waals surface area contributed by atoms with Gasteiger partial charge in [-0.05, 0) is 57.4 Å². The number of benzene rings is 1. The van der Waals surface area contributed by atoms with Crippen LogP contribution in [0.3, 0.4) is 0 Å². The van der Waals surface area contributed by atoms with Gasteiger partial charge in [0, 0.05) is 12.1 Å². The third-order valence-electron chi connectivity index (χ3n) is 2.60. The summed E-state index contributed by atoms with van der Waals surface area (Å²) in [6, 6.07) is 4.47. The molecule has 1 heterocycles. The Morgan fingerprint density at radius 1 is 1.33 bits per heavy atom. The molecule has 3 N–H and O–H groups in total. The van der Waals surface area contributed by atoms with Gasteiger partial charge in [-0.3, -0.25) is 4.79 Å². The maximum Gasteiger partial charge on any atom is 0.405 e. The van der Waals surface area contributed by atoms with E-state index in [-0.39, 0.29) is 11.7 Å². The van der Waals surface area contributed by atoms with E-state index in [1.165, 1.54) is 12.1 Å². The Morgan fingerprint density at radius 2 is 2.00 bits per heavy atom. The number of nitrogens with one attached hydrogen (secondary N) is 1. The van der Waals surface area contributed by atoms with Gasteiger partial charge in [0.1, 0.15) is 11.4 Å². The topological polar surface area (TPSA) is 81.4 Å². The molecule has 0 unspecified atom stereocenters. The maximum absolute atomic E-state index is 12.8. The molecule has 2 rings (SSSR count). The first-order valence-corrected chi connectivity index (χ1v) is 6.74. The van der Waals surface area contributed by atoms with Gasteiger partial charge in [0.15, 0.2) is 0 Å². The minimum Gasteiger partial charge on any atom is -0.444 e. The fourth-order valence-corrected chi connectivity index (χ4v) is 1.84. The third kappa shape index (κ3) is 6.74. The SMILES string of the molecule is CC(C)(C)OC(N)=O.O=C1CCCc2cc(F)ccc2N1. The van der Waals surface area contributed by atoms with Gasteiger partial charge >= 0.3 is 6.09 Å². The molecule has 1 aliphatic rings. The van der Waals surface area contributed by atoms with Crippen LogP contribution < -0.4 is 11.1 Å². The molecule has 0 bridgehead atoms. The number of hydrogen-bond donors (Lipinski definition) is 2. The lowest BCUT2D eigenvalue weighted by Gasteiger charge is -2.16. The van der Waals surface area contributed by atoms with Crippen molar-refractivity contribution in [3.63, 3.8) is 0 Å². The molecule has 5 nitrogen and oxygen atoms in total. The van der Waals surface area contributed by atoms with Crippen molar-refractivity contribution in [3.8, 4) is 0 Å². The lowest BCUT2D eigenvalue weighted by molar-refractivity contribution is -0.116. The van der Waals surface area contributed by atoms with Crippen LogP contribution in [-0.4, -0.2) is 17.6 Å². The lowest BCUT2D eigenvalue weighted by Crippen LogP contribution is -2.27. The number of carbonyl (C=O) groups is 2. The van der Waals surface area contributed by atoms with Crippen LogP contribution in [0.15, 0.2) is 18.2 Å². The molecule has 0 aliphatic carbocycles. The van der Waals surface area contributed by atoms with Crippen LogP contribution in [0.1, 0.15) is 39.2 Å². The van der Waals surface area contributed by atoms with E-state index < -0.39 is 11.7 Å². The molecule has 0 aromatic heterocycles. The molecule has 21 heavy (non-hydrogen) atoms. The van der Waals surface area contributed by atoms with E-state index >= 15 is 0 Å². The summed E-state index contributed by atoms with van der Waals surface area (Å²) < 4.78 is 17.4. The number of aryl methyl sites for hydroxylation is 1. The number of anilines is 1. The van der Waals surface area contributed by atoms with Crippen molar-refractivity contribution >= 4 is 17.7 Å². The zero-order chi connectivity index (χ0) is 16.0. The Labute approximate surface area is 123 Å². The van der Waals surface area contributed by atoms with E-state index in [0.717, 1.165) is 24.1 Å². The Morgan fingerprint density at radius 3 is 2.52 bits per heavy atom. The van der Waals surface area contributed by atoms with Crippen molar-refractivity contribution in [2.75, 3.05) is 5.32 Å². The van der Waals surface area contributed by atoms with Gasteiger partial charge in [-0.15, -0.1) is 0 Å². The van der Waals surface area contributed by atoms with E-state index in [4.69, 9.17) is 5.73 Å². The monoisotopic (exact) mass is 296 g/mol. The second kappa shape index (κ2) is 7.06. The smallest absolute Gasteiger partial charge is 0.405 e. The van der Waals surface area contributed by atoms with Gasteiger partial charge in [0.2, 0.25) is 5.91 Å². The molecule has 1 aromatic carbocycles. The van der Waals surface area contributed by atoms with Crippen molar-refractivity contribution < 1.29 is 18.7 Å². The number of primary amides is 1. The van der Waals surface area contributed by atoms with Crippen molar-refractivity contribution in [3.05, 3.63) is 29.6 Å². The van der Waals surface area contributed by atoms with E-state index in [2.05, 4.69) is 10.1 Å². The highest BCUT2D eigenvalue weighted by Gasteiger charge is 2.13. The van der Waals surface area contributed by atoms with Crippen LogP contribution in [0, 0.1) is 5.82 Å². The molecule has 1 aromatic rings. The summed E-state index contributed by atoms with van der Waals surface area (Å²) in [6.45, 7) is 5.28. The van der Waals surface area contributed by atoms with Gasteiger partial charge in [-0.25, -0.2) is 9.18 Å². The number of fused-ring (bicyclic) bond motifs is 1. The summed E-state index contributed by atoms with van der Waals surface area (Å²) in [5.41, 5.74) is 5.91. The third-order valence-corrected chi connectivity index (χ3v) is 2.60. The predicted octanol–water partition coefficient (Wildman–Crippen LogP) is 2.98. The number of amides is 2. The first-order chi connectivity index (χ1) is 9.67. The van der Waals surface area contributed by atoms with Gasteiger partial charge < -0.3 is 15.8 Å². The largest absolute Gasteiger partial charge is 0.444 e. The molecule has 116 valence electrons. The fraction of sp³-hybridized carbons (Fsp3) is 0.467. The van der Waals surface area contributed by atoms with Crippen LogP contribution in [0.25, 0.3) is 0 Å². The highest BCUT2D eigenvalue weighted by atomic mass is 19.1. The van der Waals surface area contributed by atoms with E-state index in [1.807, 2.05) is 0 Å². The molecule has 1 aliphatic heterocycles. The Bertz CT molecular complexity index is 524. The summed E-state index contributed by atoms with van der Waals surface area (Å²) >= 11 is 0. The molecule has 2 amide bonds. The zero-order valence-electron chi connectivity index (χ0n) is 12.5. The summed E-state index contributed by atoms with van der Waals surface area (Å²) in [5.74, 6) is -0.222. The molecule has 0 fully saturated rings.